The summed E-state index contributed by atoms with van der Waals surface area (Å²) >= 11 is 0. The summed E-state index contributed by atoms with van der Waals surface area (Å²) in [7, 11) is 0. The standard InChI is InChI=1S/C14H18N2O/c1-3-17-12-4-5-14-13(9-12)10(2)8-11(16-14)6-7-15/h4-5,8-9H,3,6-7,15H2,1-2H3. The second-order valence-electron chi connectivity index (χ2n) is 4.08. The van der Waals surface area contributed by atoms with E-state index in [-0.39, 0.29) is 0 Å². The van der Waals surface area contributed by atoms with E-state index >= 15 is 0 Å². The third-order valence-electron chi connectivity index (χ3n) is 2.75. The van der Waals surface area contributed by atoms with Gasteiger partial charge in [0.15, 0.2) is 0 Å². The molecule has 0 bridgehead atoms. The van der Waals surface area contributed by atoms with E-state index in [0.29, 0.717) is 13.2 Å². The van der Waals surface area contributed by atoms with Crippen molar-refractivity contribution in [3.05, 3.63) is 35.5 Å². The molecule has 0 saturated heterocycles. The van der Waals surface area contributed by atoms with Crippen LogP contribution in [0.4, 0.5) is 0 Å². The van der Waals surface area contributed by atoms with Gasteiger partial charge in [0, 0.05) is 17.5 Å². The number of aromatic nitrogens is 1. The molecular weight excluding hydrogens is 212 g/mol. The number of hydrogen-bond donors (Lipinski definition) is 1. The van der Waals surface area contributed by atoms with Crippen molar-refractivity contribution in [3.8, 4) is 5.75 Å². The third kappa shape index (κ3) is 2.56. The van der Waals surface area contributed by atoms with Crippen LogP contribution in [0.2, 0.25) is 0 Å². The maximum atomic E-state index is 5.56. The minimum Gasteiger partial charge on any atom is -0.494 e. The van der Waals surface area contributed by atoms with Gasteiger partial charge in [0.2, 0.25) is 0 Å². The topological polar surface area (TPSA) is 48.1 Å². The van der Waals surface area contributed by atoms with Crippen molar-refractivity contribution in [2.24, 2.45) is 5.73 Å². The lowest BCUT2D eigenvalue weighted by Gasteiger charge is -2.08. The van der Waals surface area contributed by atoms with E-state index < -0.39 is 0 Å². The molecule has 0 unspecified atom stereocenters. The first-order chi connectivity index (χ1) is 8.24. The monoisotopic (exact) mass is 230 g/mol. The van der Waals surface area contributed by atoms with Gasteiger partial charge in [-0.25, -0.2) is 0 Å². The summed E-state index contributed by atoms with van der Waals surface area (Å²) in [6.45, 7) is 5.40. The third-order valence-corrected chi connectivity index (χ3v) is 2.75. The quantitative estimate of drug-likeness (QED) is 0.877. The Morgan fingerprint density at radius 2 is 2.12 bits per heavy atom. The van der Waals surface area contributed by atoms with Crippen LogP contribution >= 0.6 is 0 Å². The molecule has 0 spiro atoms. The van der Waals surface area contributed by atoms with Gasteiger partial charge in [-0.1, -0.05) is 0 Å². The van der Waals surface area contributed by atoms with Crippen molar-refractivity contribution >= 4 is 10.9 Å². The lowest BCUT2D eigenvalue weighted by Crippen LogP contribution is -2.05. The molecule has 3 heteroatoms. The second-order valence-corrected chi connectivity index (χ2v) is 4.08. The highest BCUT2D eigenvalue weighted by Crippen LogP contribution is 2.23. The Bertz CT molecular complexity index is 523. The van der Waals surface area contributed by atoms with Gasteiger partial charge in [0.1, 0.15) is 5.75 Å². The average molecular weight is 230 g/mol. The Morgan fingerprint density at radius 3 is 2.82 bits per heavy atom. The van der Waals surface area contributed by atoms with Crippen molar-refractivity contribution in [1.29, 1.82) is 0 Å². The van der Waals surface area contributed by atoms with E-state index in [2.05, 4.69) is 18.0 Å². The van der Waals surface area contributed by atoms with Crippen LogP contribution in [0.5, 0.6) is 5.75 Å². The molecule has 0 aliphatic rings. The van der Waals surface area contributed by atoms with Crippen LogP contribution in [0.25, 0.3) is 10.9 Å². The predicted octanol–water partition coefficient (Wildman–Crippen LogP) is 2.44. The number of aryl methyl sites for hydroxylation is 1. The largest absolute Gasteiger partial charge is 0.494 e. The zero-order chi connectivity index (χ0) is 12.3. The molecule has 2 rings (SSSR count). The molecule has 0 atom stereocenters. The fourth-order valence-corrected chi connectivity index (χ4v) is 1.98. The number of benzene rings is 1. The molecule has 1 aromatic heterocycles. The summed E-state index contributed by atoms with van der Waals surface area (Å²) in [4.78, 5) is 4.59. The van der Waals surface area contributed by atoms with E-state index in [0.717, 1.165) is 28.8 Å². The maximum Gasteiger partial charge on any atom is 0.120 e. The van der Waals surface area contributed by atoms with Gasteiger partial charge < -0.3 is 10.5 Å². The second kappa shape index (κ2) is 5.15. The van der Waals surface area contributed by atoms with Crippen molar-refractivity contribution < 1.29 is 4.74 Å². The molecule has 0 radical (unpaired) electrons. The predicted molar refractivity (Wildman–Crippen MR) is 70.4 cm³/mol. The highest BCUT2D eigenvalue weighted by Gasteiger charge is 2.04. The first-order valence-electron chi connectivity index (χ1n) is 5.97. The molecule has 3 nitrogen and oxygen atoms in total. The minimum absolute atomic E-state index is 0.634. The molecule has 90 valence electrons. The number of hydrogen-bond acceptors (Lipinski definition) is 3. The Balaban J connectivity index is 2.48. The first-order valence-corrected chi connectivity index (χ1v) is 5.97. The summed E-state index contributed by atoms with van der Waals surface area (Å²) in [5.41, 5.74) is 8.85. The number of nitrogens with zero attached hydrogens (tertiary/aromatic N) is 1. The van der Waals surface area contributed by atoms with Crippen LogP contribution in [0.3, 0.4) is 0 Å². The van der Waals surface area contributed by atoms with Crippen LogP contribution in [0.1, 0.15) is 18.2 Å². The molecule has 0 saturated carbocycles. The number of ether oxygens (including phenoxy) is 1. The van der Waals surface area contributed by atoms with Crippen LogP contribution < -0.4 is 10.5 Å². The molecule has 0 aliphatic carbocycles. The normalized spacial score (nSPS) is 10.8. The Kier molecular flexibility index (Phi) is 3.59. The highest BCUT2D eigenvalue weighted by molar-refractivity contribution is 5.83. The smallest absolute Gasteiger partial charge is 0.120 e. The molecule has 17 heavy (non-hydrogen) atoms. The molecule has 1 heterocycles. The van der Waals surface area contributed by atoms with E-state index in [4.69, 9.17) is 10.5 Å². The van der Waals surface area contributed by atoms with Gasteiger partial charge in [-0.05, 0) is 50.2 Å². The van der Waals surface area contributed by atoms with Crippen LogP contribution in [-0.4, -0.2) is 18.1 Å². The Hall–Kier alpha value is -1.61. The van der Waals surface area contributed by atoms with Gasteiger partial charge in [-0.3, -0.25) is 4.98 Å². The molecule has 0 amide bonds. The highest BCUT2D eigenvalue weighted by atomic mass is 16.5. The Labute approximate surface area is 102 Å². The minimum atomic E-state index is 0.634. The Morgan fingerprint density at radius 1 is 1.29 bits per heavy atom. The zero-order valence-electron chi connectivity index (χ0n) is 10.4. The average Bonchev–Trinajstić information content (AvgIpc) is 2.31. The van der Waals surface area contributed by atoms with Gasteiger partial charge in [-0.2, -0.15) is 0 Å². The molecule has 0 fully saturated rings. The fraction of sp³-hybridized carbons (Fsp3) is 0.357. The molecule has 2 N–H and O–H groups in total. The van der Waals surface area contributed by atoms with Gasteiger partial charge in [-0.15, -0.1) is 0 Å². The summed E-state index contributed by atoms with van der Waals surface area (Å²) < 4.78 is 5.50. The number of pyridine rings is 1. The maximum absolute atomic E-state index is 5.56. The van der Waals surface area contributed by atoms with E-state index in [9.17, 15) is 0 Å². The number of nitrogens with two attached hydrogens (primary N) is 1. The molecular formula is C14H18N2O. The van der Waals surface area contributed by atoms with Crippen LogP contribution in [0, 0.1) is 6.92 Å². The van der Waals surface area contributed by atoms with Crippen molar-refractivity contribution in [2.75, 3.05) is 13.2 Å². The lowest BCUT2D eigenvalue weighted by atomic mass is 10.1. The summed E-state index contributed by atoms with van der Waals surface area (Å²) in [5, 5.41) is 1.15. The fourth-order valence-electron chi connectivity index (χ4n) is 1.98. The SMILES string of the molecule is CCOc1ccc2nc(CCN)cc(C)c2c1. The van der Waals surface area contributed by atoms with E-state index in [1.807, 2.05) is 25.1 Å². The van der Waals surface area contributed by atoms with Gasteiger partial charge >= 0.3 is 0 Å². The number of fused-ring (bicyclic) bond motifs is 1. The van der Waals surface area contributed by atoms with Crippen molar-refractivity contribution in [2.45, 2.75) is 20.3 Å². The molecule has 0 aliphatic heterocycles. The van der Waals surface area contributed by atoms with E-state index in [1.54, 1.807) is 0 Å². The summed E-state index contributed by atoms with van der Waals surface area (Å²) in [6.07, 6.45) is 0.823. The van der Waals surface area contributed by atoms with Gasteiger partial charge in [0.05, 0.1) is 12.1 Å². The van der Waals surface area contributed by atoms with E-state index in [1.165, 1.54) is 5.56 Å². The van der Waals surface area contributed by atoms with Crippen molar-refractivity contribution in [1.82, 2.24) is 4.98 Å². The van der Waals surface area contributed by atoms with Crippen LogP contribution in [-0.2, 0) is 6.42 Å². The summed E-state index contributed by atoms with van der Waals surface area (Å²) in [5.74, 6) is 0.900. The van der Waals surface area contributed by atoms with Crippen molar-refractivity contribution in [3.63, 3.8) is 0 Å². The molecule has 1 aromatic carbocycles. The van der Waals surface area contributed by atoms with Crippen LogP contribution in [0.15, 0.2) is 24.3 Å². The number of rotatable bonds is 4. The molecule has 2 aromatic rings. The summed E-state index contributed by atoms with van der Waals surface area (Å²) in [6, 6.07) is 8.12. The lowest BCUT2D eigenvalue weighted by molar-refractivity contribution is 0.340. The zero-order valence-corrected chi connectivity index (χ0v) is 10.4. The van der Waals surface area contributed by atoms with Gasteiger partial charge in [0.25, 0.3) is 0 Å². The first kappa shape index (κ1) is 11.9.